The van der Waals surface area contributed by atoms with Crippen LogP contribution in [0.15, 0.2) is 29.8 Å². The van der Waals surface area contributed by atoms with Crippen LogP contribution in [-0.4, -0.2) is 49.3 Å². The third-order valence-corrected chi connectivity index (χ3v) is 4.07. The standard InChI is InChI=1S/C17H24N2O2/c1-14(2)5-6-18-7-9-19(10-8-18)12-15-3-4-16-17(11-15)21-13-20-16/h3-5,11H,6-10,12-13H2,1-2H3. The van der Waals surface area contributed by atoms with Crippen molar-refractivity contribution in [2.45, 2.75) is 20.4 Å². The SMILES string of the molecule is CC(C)=CCN1CCN(Cc2ccc3c(c2)OCO3)CC1. The zero-order chi connectivity index (χ0) is 14.7. The first-order valence-electron chi connectivity index (χ1n) is 7.67. The van der Waals surface area contributed by atoms with Gasteiger partial charge in [0.15, 0.2) is 11.5 Å². The average molecular weight is 288 g/mol. The van der Waals surface area contributed by atoms with Crippen LogP contribution in [0.25, 0.3) is 0 Å². The molecule has 4 nitrogen and oxygen atoms in total. The second kappa shape index (κ2) is 6.50. The monoisotopic (exact) mass is 288 g/mol. The second-order valence-corrected chi connectivity index (χ2v) is 6.05. The van der Waals surface area contributed by atoms with Crippen molar-refractivity contribution in [2.75, 3.05) is 39.5 Å². The molecule has 2 heterocycles. The molecule has 0 aromatic heterocycles. The first-order valence-corrected chi connectivity index (χ1v) is 7.67. The molecule has 0 amide bonds. The summed E-state index contributed by atoms with van der Waals surface area (Å²) in [5.74, 6) is 1.75. The van der Waals surface area contributed by atoms with Crippen LogP contribution >= 0.6 is 0 Å². The lowest BCUT2D eigenvalue weighted by molar-refractivity contribution is 0.136. The molecule has 1 fully saturated rings. The Bertz CT molecular complexity index is 516. The Hall–Kier alpha value is -1.52. The molecule has 0 N–H and O–H groups in total. The van der Waals surface area contributed by atoms with E-state index in [0.29, 0.717) is 6.79 Å². The Balaban J connectivity index is 1.50. The number of nitrogens with zero attached hydrogens (tertiary/aromatic N) is 2. The van der Waals surface area contributed by atoms with Crippen LogP contribution in [0.1, 0.15) is 19.4 Å². The van der Waals surface area contributed by atoms with Crippen molar-refractivity contribution in [2.24, 2.45) is 0 Å². The molecule has 3 rings (SSSR count). The zero-order valence-electron chi connectivity index (χ0n) is 13.0. The number of hydrogen-bond acceptors (Lipinski definition) is 4. The van der Waals surface area contributed by atoms with Crippen molar-refractivity contribution < 1.29 is 9.47 Å². The van der Waals surface area contributed by atoms with Gasteiger partial charge in [-0.05, 0) is 31.5 Å². The molecule has 2 aliphatic rings. The lowest BCUT2D eigenvalue weighted by atomic mass is 10.1. The maximum absolute atomic E-state index is 5.44. The van der Waals surface area contributed by atoms with E-state index in [0.717, 1.165) is 50.8 Å². The van der Waals surface area contributed by atoms with Crippen molar-refractivity contribution in [3.05, 3.63) is 35.4 Å². The van der Waals surface area contributed by atoms with Crippen molar-refractivity contribution in [3.8, 4) is 11.5 Å². The van der Waals surface area contributed by atoms with Gasteiger partial charge in [-0.15, -0.1) is 0 Å². The predicted molar refractivity (Wildman–Crippen MR) is 83.7 cm³/mol. The van der Waals surface area contributed by atoms with Gasteiger partial charge in [-0.1, -0.05) is 17.7 Å². The third kappa shape index (κ3) is 3.77. The topological polar surface area (TPSA) is 24.9 Å². The number of allylic oxidation sites excluding steroid dienone is 1. The molecule has 0 atom stereocenters. The van der Waals surface area contributed by atoms with E-state index in [4.69, 9.17) is 9.47 Å². The normalized spacial score (nSPS) is 18.8. The van der Waals surface area contributed by atoms with Gasteiger partial charge < -0.3 is 9.47 Å². The van der Waals surface area contributed by atoms with Crippen molar-refractivity contribution in [1.82, 2.24) is 9.80 Å². The summed E-state index contributed by atoms with van der Waals surface area (Å²) < 4.78 is 10.8. The van der Waals surface area contributed by atoms with E-state index < -0.39 is 0 Å². The highest BCUT2D eigenvalue weighted by Crippen LogP contribution is 2.32. The fourth-order valence-corrected chi connectivity index (χ4v) is 2.74. The number of rotatable bonds is 4. The Kier molecular flexibility index (Phi) is 4.46. The maximum atomic E-state index is 5.44. The molecule has 0 aliphatic carbocycles. The lowest BCUT2D eigenvalue weighted by Gasteiger charge is -2.34. The Morgan fingerprint density at radius 2 is 1.76 bits per heavy atom. The average Bonchev–Trinajstić information content (AvgIpc) is 2.94. The number of fused-ring (bicyclic) bond motifs is 1. The fourth-order valence-electron chi connectivity index (χ4n) is 2.74. The molecule has 0 unspecified atom stereocenters. The van der Waals surface area contributed by atoms with Gasteiger partial charge in [0, 0.05) is 39.3 Å². The lowest BCUT2D eigenvalue weighted by Crippen LogP contribution is -2.45. The summed E-state index contributed by atoms with van der Waals surface area (Å²) in [6.07, 6.45) is 2.31. The summed E-state index contributed by atoms with van der Waals surface area (Å²) in [5, 5.41) is 0. The number of benzene rings is 1. The smallest absolute Gasteiger partial charge is 0.231 e. The second-order valence-electron chi connectivity index (χ2n) is 6.05. The van der Waals surface area contributed by atoms with Crippen LogP contribution in [0.5, 0.6) is 11.5 Å². The molecule has 4 heteroatoms. The molecular formula is C17H24N2O2. The van der Waals surface area contributed by atoms with Crippen molar-refractivity contribution >= 4 is 0 Å². The molecular weight excluding hydrogens is 264 g/mol. The minimum Gasteiger partial charge on any atom is -0.454 e. The highest BCUT2D eigenvalue weighted by molar-refractivity contribution is 5.44. The minimum absolute atomic E-state index is 0.349. The Morgan fingerprint density at radius 1 is 1.05 bits per heavy atom. The molecule has 0 spiro atoms. The molecule has 0 bridgehead atoms. The number of piperazine rings is 1. The molecule has 0 saturated carbocycles. The van der Waals surface area contributed by atoms with Crippen LogP contribution < -0.4 is 9.47 Å². The zero-order valence-corrected chi connectivity index (χ0v) is 13.0. The largest absolute Gasteiger partial charge is 0.454 e. The van der Waals surface area contributed by atoms with Crippen molar-refractivity contribution in [1.29, 1.82) is 0 Å². The van der Waals surface area contributed by atoms with Crippen LogP contribution in [0, 0.1) is 0 Å². The van der Waals surface area contributed by atoms with E-state index in [9.17, 15) is 0 Å². The summed E-state index contributed by atoms with van der Waals surface area (Å²) in [7, 11) is 0. The highest BCUT2D eigenvalue weighted by atomic mass is 16.7. The van der Waals surface area contributed by atoms with Gasteiger partial charge in [0.05, 0.1) is 0 Å². The molecule has 1 aromatic carbocycles. The molecule has 0 radical (unpaired) electrons. The van der Waals surface area contributed by atoms with Gasteiger partial charge in [-0.25, -0.2) is 0 Å². The van der Waals surface area contributed by atoms with Crippen LogP contribution in [0.4, 0.5) is 0 Å². The van der Waals surface area contributed by atoms with E-state index in [1.807, 2.05) is 6.07 Å². The molecule has 2 aliphatic heterocycles. The van der Waals surface area contributed by atoms with E-state index in [1.165, 1.54) is 11.1 Å². The highest BCUT2D eigenvalue weighted by Gasteiger charge is 2.18. The molecule has 1 saturated heterocycles. The number of ether oxygens (including phenoxy) is 2. The summed E-state index contributed by atoms with van der Waals surface area (Å²) in [6, 6.07) is 6.27. The Labute approximate surface area is 126 Å². The van der Waals surface area contributed by atoms with Crippen LogP contribution in [-0.2, 0) is 6.54 Å². The van der Waals surface area contributed by atoms with Gasteiger partial charge in [0.1, 0.15) is 0 Å². The van der Waals surface area contributed by atoms with E-state index in [-0.39, 0.29) is 0 Å². The van der Waals surface area contributed by atoms with E-state index in [2.05, 4.69) is 41.9 Å². The van der Waals surface area contributed by atoms with E-state index >= 15 is 0 Å². The summed E-state index contributed by atoms with van der Waals surface area (Å²) >= 11 is 0. The maximum Gasteiger partial charge on any atom is 0.231 e. The first kappa shape index (κ1) is 14.4. The van der Waals surface area contributed by atoms with Gasteiger partial charge in [0.2, 0.25) is 6.79 Å². The minimum atomic E-state index is 0.349. The van der Waals surface area contributed by atoms with Crippen molar-refractivity contribution in [3.63, 3.8) is 0 Å². The first-order chi connectivity index (χ1) is 10.2. The molecule has 21 heavy (non-hydrogen) atoms. The van der Waals surface area contributed by atoms with Crippen LogP contribution in [0.3, 0.4) is 0 Å². The van der Waals surface area contributed by atoms with E-state index in [1.54, 1.807) is 0 Å². The summed E-state index contributed by atoms with van der Waals surface area (Å²) in [4.78, 5) is 5.03. The molecule has 1 aromatic rings. The number of hydrogen-bond donors (Lipinski definition) is 0. The predicted octanol–water partition coefficient (Wildman–Crippen LogP) is 2.50. The van der Waals surface area contributed by atoms with Gasteiger partial charge >= 0.3 is 0 Å². The third-order valence-electron chi connectivity index (χ3n) is 4.07. The van der Waals surface area contributed by atoms with Gasteiger partial charge in [-0.2, -0.15) is 0 Å². The van der Waals surface area contributed by atoms with Gasteiger partial charge in [-0.3, -0.25) is 9.80 Å². The summed E-state index contributed by atoms with van der Waals surface area (Å²) in [5.41, 5.74) is 2.70. The quantitative estimate of drug-likeness (QED) is 0.795. The fraction of sp³-hybridized carbons (Fsp3) is 0.529. The van der Waals surface area contributed by atoms with Gasteiger partial charge in [0.25, 0.3) is 0 Å². The molecule has 114 valence electrons. The Morgan fingerprint density at radius 3 is 2.52 bits per heavy atom. The summed E-state index contributed by atoms with van der Waals surface area (Å²) in [6.45, 7) is 11.3. The van der Waals surface area contributed by atoms with Crippen LogP contribution in [0.2, 0.25) is 0 Å².